The van der Waals surface area contributed by atoms with Gasteiger partial charge < -0.3 is 4.90 Å². The van der Waals surface area contributed by atoms with Crippen LogP contribution < -0.4 is 10.3 Å². The number of alkyl halides is 3. The highest BCUT2D eigenvalue weighted by atomic mass is 19.4. The number of halogens is 3. The molecule has 0 radical (unpaired) electrons. The molecule has 1 heterocycles. The zero-order valence-electron chi connectivity index (χ0n) is 14.5. The normalized spacial score (nSPS) is 12.0. The Hall–Kier alpha value is -2.64. The van der Waals surface area contributed by atoms with Gasteiger partial charge in [-0.3, -0.25) is 5.43 Å². The van der Waals surface area contributed by atoms with Crippen LogP contribution in [0.15, 0.2) is 35.4 Å². The van der Waals surface area contributed by atoms with Gasteiger partial charge in [0.2, 0.25) is 0 Å². The molecular weight excluding hydrogens is 331 g/mol. The minimum Gasteiger partial charge on any atom is -0.363 e. The number of benzene rings is 1. The molecule has 0 atom stereocenters. The third-order valence-corrected chi connectivity index (χ3v) is 3.35. The molecule has 5 nitrogen and oxygen atoms in total. The minimum absolute atomic E-state index is 0.0199. The van der Waals surface area contributed by atoms with Crippen molar-refractivity contribution < 1.29 is 13.2 Å². The van der Waals surface area contributed by atoms with Gasteiger partial charge in [0.05, 0.1) is 11.8 Å². The minimum atomic E-state index is -4.43. The summed E-state index contributed by atoms with van der Waals surface area (Å²) < 4.78 is 38.9. The lowest BCUT2D eigenvalue weighted by Crippen LogP contribution is -2.14. The van der Waals surface area contributed by atoms with Crippen LogP contribution in [0.4, 0.5) is 24.8 Å². The van der Waals surface area contributed by atoms with E-state index in [2.05, 4.69) is 20.5 Å². The van der Waals surface area contributed by atoms with Gasteiger partial charge in [-0.2, -0.15) is 18.3 Å². The molecule has 0 saturated heterocycles. The first-order valence-corrected chi connectivity index (χ1v) is 7.70. The van der Waals surface area contributed by atoms with Crippen LogP contribution in [0.25, 0.3) is 0 Å². The van der Waals surface area contributed by atoms with E-state index in [0.29, 0.717) is 17.5 Å². The molecule has 0 fully saturated rings. The molecule has 1 N–H and O–H groups in total. The van der Waals surface area contributed by atoms with E-state index >= 15 is 0 Å². The summed E-state index contributed by atoms with van der Waals surface area (Å²) in [6, 6.07) is 6.93. The van der Waals surface area contributed by atoms with Crippen LogP contribution in [-0.4, -0.2) is 30.3 Å². The summed E-state index contributed by atoms with van der Waals surface area (Å²) >= 11 is 0. The molecule has 2 aromatic rings. The average molecular weight is 351 g/mol. The van der Waals surface area contributed by atoms with Crippen molar-refractivity contribution in [3.63, 3.8) is 0 Å². The van der Waals surface area contributed by atoms with E-state index in [4.69, 9.17) is 0 Å². The van der Waals surface area contributed by atoms with Crippen molar-refractivity contribution in [3.8, 4) is 0 Å². The van der Waals surface area contributed by atoms with Gasteiger partial charge in [0.25, 0.3) is 0 Å². The quantitative estimate of drug-likeness (QED) is 0.650. The number of anilines is 2. The van der Waals surface area contributed by atoms with E-state index in [1.54, 1.807) is 6.07 Å². The Balaban J connectivity index is 2.26. The molecule has 0 saturated carbocycles. The van der Waals surface area contributed by atoms with Gasteiger partial charge in [-0.1, -0.05) is 32.0 Å². The van der Waals surface area contributed by atoms with E-state index < -0.39 is 11.7 Å². The van der Waals surface area contributed by atoms with E-state index in [1.807, 2.05) is 32.8 Å². The summed E-state index contributed by atoms with van der Waals surface area (Å²) in [4.78, 5) is 10.6. The van der Waals surface area contributed by atoms with Crippen molar-refractivity contribution in [2.75, 3.05) is 24.4 Å². The largest absolute Gasteiger partial charge is 0.417 e. The van der Waals surface area contributed by atoms with E-state index in [-0.39, 0.29) is 11.5 Å². The topological polar surface area (TPSA) is 53.4 Å². The molecule has 8 heteroatoms. The fourth-order valence-electron chi connectivity index (χ4n) is 2.03. The Bertz CT molecular complexity index is 728. The monoisotopic (exact) mass is 351 g/mol. The van der Waals surface area contributed by atoms with Crippen LogP contribution in [0.2, 0.25) is 0 Å². The smallest absolute Gasteiger partial charge is 0.363 e. The summed E-state index contributed by atoms with van der Waals surface area (Å²) in [5.41, 5.74) is 1.93. The first-order valence-electron chi connectivity index (χ1n) is 7.70. The van der Waals surface area contributed by atoms with Crippen LogP contribution in [0.1, 0.15) is 36.7 Å². The number of hydrogen-bond donors (Lipinski definition) is 1. The molecule has 0 aliphatic rings. The Kier molecular flexibility index (Phi) is 5.61. The molecule has 0 aliphatic heterocycles. The van der Waals surface area contributed by atoms with Crippen molar-refractivity contribution in [1.82, 2.24) is 9.97 Å². The summed E-state index contributed by atoms with van der Waals surface area (Å²) in [5, 5.41) is 3.90. The van der Waals surface area contributed by atoms with Gasteiger partial charge in [0.1, 0.15) is 11.6 Å². The lowest BCUT2D eigenvalue weighted by Gasteiger charge is -2.15. The maximum Gasteiger partial charge on any atom is 0.417 e. The predicted octanol–water partition coefficient (Wildman–Crippen LogP) is 4.13. The highest BCUT2D eigenvalue weighted by Gasteiger charge is 2.32. The lowest BCUT2D eigenvalue weighted by atomic mass is 10.1. The van der Waals surface area contributed by atoms with Crippen molar-refractivity contribution in [2.45, 2.75) is 25.9 Å². The fourth-order valence-corrected chi connectivity index (χ4v) is 2.03. The van der Waals surface area contributed by atoms with Gasteiger partial charge in [0, 0.05) is 31.6 Å². The standard InChI is InChI=1S/C17H20F3N5/c1-11(2)16-22-14(9-15(23-16)25(3)4)24-21-10-12-7-5-6-8-13(12)17(18,19)20/h5-11H,1-4H3,(H,22,23,24). The number of aromatic nitrogens is 2. The van der Waals surface area contributed by atoms with Crippen LogP contribution in [-0.2, 0) is 6.18 Å². The SMILES string of the molecule is CC(C)c1nc(NN=Cc2ccccc2C(F)(F)F)cc(N(C)C)n1. The summed E-state index contributed by atoms with van der Waals surface area (Å²) in [6.07, 6.45) is -3.30. The van der Waals surface area contributed by atoms with Crippen molar-refractivity contribution in [2.24, 2.45) is 5.10 Å². The highest BCUT2D eigenvalue weighted by Crippen LogP contribution is 2.31. The maximum absolute atomic E-state index is 13.0. The number of hydrazone groups is 1. The predicted molar refractivity (Wildman–Crippen MR) is 93.1 cm³/mol. The van der Waals surface area contributed by atoms with Crippen molar-refractivity contribution in [1.29, 1.82) is 0 Å². The second-order valence-electron chi connectivity index (χ2n) is 5.97. The van der Waals surface area contributed by atoms with Gasteiger partial charge in [-0.05, 0) is 6.07 Å². The number of nitrogens with one attached hydrogen (secondary N) is 1. The van der Waals surface area contributed by atoms with Crippen LogP contribution in [0, 0.1) is 0 Å². The molecule has 0 amide bonds. The zero-order valence-corrected chi connectivity index (χ0v) is 14.5. The maximum atomic E-state index is 13.0. The molecule has 1 aromatic heterocycles. The van der Waals surface area contributed by atoms with E-state index in [1.165, 1.54) is 18.2 Å². The average Bonchev–Trinajstić information content (AvgIpc) is 2.54. The summed E-state index contributed by atoms with van der Waals surface area (Å²) in [6.45, 7) is 3.92. The van der Waals surface area contributed by atoms with Crippen molar-refractivity contribution in [3.05, 3.63) is 47.3 Å². The first-order chi connectivity index (χ1) is 11.7. The van der Waals surface area contributed by atoms with Crippen LogP contribution in [0.3, 0.4) is 0 Å². The Labute approximate surface area is 144 Å². The Morgan fingerprint density at radius 3 is 2.44 bits per heavy atom. The molecule has 25 heavy (non-hydrogen) atoms. The molecule has 0 aliphatic carbocycles. The molecular formula is C17H20F3N5. The van der Waals surface area contributed by atoms with Crippen molar-refractivity contribution >= 4 is 17.9 Å². The number of rotatable bonds is 5. The van der Waals surface area contributed by atoms with Crippen LogP contribution in [0.5, 0.6) is 0 Å². The number of hydrogen-bond acceptors (Lipinski definition) is 5. The highest BCUT2D eigenvalue weighted by molar-refractivity contribution is 5.82. The summed E-state index contributed by atoms with van der Waals surface area (Å²) in [7, 11) is 3.69. The summed E-state index contributed by atoms with van der Waals surface area (Å²) in [5.74, 6) is 1.84. The fraction of sp³-hybridized carbons (Fsp3) is 0.353. The zero-order chi connectivity index (χ0) is 18.6. The second-order valence-corrected chi connectivity index (χ2v) is 5.97. The van der Waals surface area contributed by atoms with Gasteiger partial charge >= 0.3 is 6.18 Å². The van der Waals surface area contributed by atoms with Gasteiger partial charge in [-0.25, -0.2) is 9.97 Å². The third kappa shape index (κ3) is 4.91. The molecule has 0 bridgehead atoms. The van der Waals surface area contributed by atoms with E-state index in [9.17, 15) is 13.2 Å². The van der Waals surface area contributed by atoms with Crippen LogP contribution >= 0.6 is 0 Å². The van der Waals surface area contributed by atoms with E-state index in [0.717, 1.165) is 12.3 Å². The third-order valence-electron chi connectivity index (χ3n) is 3.35. The molecule has 2 rings (SSSR count). The Morgan fingerprint density at radius 1 is 1.16 bits per heavy atom. The molecule has 0 spiro atoms. The molecule has 0 unspecified atom stereocenters. The lowest BCUT2D eigenvalue weighted by molar-refractivity contribution is -0.137. The molecule has 1 aromatic carbocycles. The van der Waals surface area contributed by atoms with Gasteiger partial charge in [-0.15, -0.1) is 0 Å². The van der Waals surface area contributed by atoms with Gasteiger partial charge in [0.15, 0.2) is 5.82 Å². The second kappa shape index (κ2) is 7.50. The first kappa shape index (κ1) is 18.7. The molecule has 134 valence electrons. The Morgan fingerprint density at radius 2 is 1.84 bits per heavy atom. The number of nitrogens with zero attached hydrogens (tertiary/aromatic N) is 4.